The van der Waals surface area contributed by atoms with Gasteiger partial charge in [-0.2, -0.15) is 0 Å². The SMILES string of the molecule is CCCCCCCCCCC/C(O)=C/C(=O)CCCCCCCC(=O)O. The molecule has 0 amide bonds. The number of ketones is 1. The molecule has 0 atom stereocenters. The van der Waals surface area contributed by atoms with Crippen LogP contribution in [0.1, 0.15) is 116 Å². The van der Waals surface area contributed by atoms with Crippen molar-refractivity contribution in [1.29, 1.82) is 0 Å². The lowest BCUT2D eigenvalue weighted by Crippen LogP contribution is -1.96. The summed E-state index contributed by atoms with van der Waals surface area (Å²) in [6.07, 6.45) is 18.3. The third kappa shape index (κ3) is 19.0. The monoisotopic (exact) mass is 368 g/mol. The molecule has 4 nitrogen and oxygen atoms in total. The van der Waals surface area contributed by atoms with E-state index in [1.807, 2.05) is 0 Å². The molecule has 0 radical (unpaired) electrons. The molecule has 0 saturated heterocycles. The van der Waals surface area contributed by atoms with Gasteiger partial charge in [0.15, 0.2) is 5.78 Å². The summed E-state index contributed by atoms with van der Waals surface area (Å²) in [5.41, 5.74) is 0. The summed E-state index contributed by atoms with van der Waals surface area (Å²) in [7, 11) is 0. The number of hydrogen-bond donors (Lipinski definition) is 2. The molecule has 152 valence electrons. The lowest BCUT2D eigenvalue weighted by molar-refractivity contribution is -0.137. The van der Waals surface area contributed by atoms with Gasteiger partial charge in [-0.1, -0.05) is 77.6 Å². The number of aliphatic hydroxyl groups is 1. The average molecular weight is 369 g/mol. The van der Waals surface area contributed by atoms with Gasteiger partial charge >= 0.3 is 5.97 Å². The first-order valence-electron chi connectivity index (χ1n) is 10.7. The van der Waals surface area contributed by atoms with Gasteiger partial charge in [-0.3, -0.25) is 9.59 Å². The van der Waals surface area contributed by atoms with E-state index in [4.69, 9.17) is 5.11 Å². The van der Waals surface area contributed by atoms with Gasteiger partial charge in [0.05, 0.1) is 5.76 Å². The van der Waals surface area contributed by atoms with Gasteiger partial charge in [0.2, 0.25) is 0 Å². The van der Waals surface area contributed by atoms with E-state index in [1.165, 1.54) is 51.0 Å². The molecule has 0 bridgehead atoms. The fourth-order valence-electron chi connectivity index (χ4n) is 3.05. The van der Waals surface area contributed by atoms with Gasteiger partial charge < -0.3 is 10.2 Å². The summed E-state index contributed by atoms with van der Waals surface area (Å²) in [5.74, 6) is -0.517. The minimum absolute atomic E-state index is 0.00367. The molecule has 0 spiro atoms. The zero-order chi connectivity index (χ0) is 19.5. The average Bonchev–Trinajstić information content (AvgIpc) is 2.59. The van der Waals surface area contributed by atoms with Crippen LogP contribution in [0.5, 0.6) is 0 Å². The van der Waals surface area contributed by atoms with Gasteiger partial charge in [0.1, 0.15) is 0 Å². The highest BCUT2D eigenvalue weighted by molar-refractivity contribution is 5.89. The topological polar surface area (TPSA) is 74.6 Å². The van der Waals surface area contributed by atoms with Gasteiger partial charge in [-0.15, -0.1) is 0 Å². The summed E-state index contributed by atoms with van der Waals surface area (Å²) in [5, 5.41) is 18.4. The van der Waals surface area contributed by atoms with Crippen molar-refractivity contribution in [2.75, 3.05) is 0 Å². The van der Waals surface area contributed by atoms with Crippen molar-refractivity contribution in [2.45, 2.75) is 116 Å². The predicted molar refractivity (Wildman–Crippen MR) is 108 cm³/mol. The van der Waals surface area contributed by atoms with E-state index in [0.717, 1.165) is 38.5 Å². The standard InChI is InChI=1S/C22H40O4/c1-2-3-4-5-6-7-8-10-13-16-20(23)19-21(24)17-14-11-9-12-15-18-22(25)26/h19,23H,2-18H2,1H3,(H,25,26)/b20-19-. The second kappa shape index (κ2) is 18.5. The number of rotatable bonds is 19. The lowest BCUT2D eigenvalue weighted by Gasteiger charge is -2.03. The number of carbonyl (C=O) groups excluding carboxylic acids is 1. The van der Waals surface area contributed by atoms with Crippen molar-refractivity contribution in [1.82, 2.24) is 0 Å². The first-order chi connectivity index (χ1) is 12.6. The van der Waals surface area contributed by atoms with Gasteiger partial charge in [0.25, 0.3) is 0 Å². The fourth-order valence-corrected chi connectivity index (χ4v) is 3.05. The van der Waals surface area contributed by atoms with E-state index >= 15 is 0 Å². The second-order valence-electron chi connectivity index (χ2n) is 7.34. The quantitative estimate of drug-likeness (QED) is 0.150. The molecule has 0 heterocycles. The molecule has 0 aromatic rings. The summed E-state index contributed by atoms with van der Waals surface area (Å²) in [6, 6.07) is 0. The molecule has 2 N–H and O–H groups in total. The zero-order valence-corrected chi connectivity index (χ0v) is 16.8. The van der Waals surface area contributed by atoms with Crippen molar-refractivity contribution >= 4 is 11.8 Å². The van der Waals surface area contributed by atoms with E-state index in [1.54, 1.807) is 0 Å². The number of carboxylic acids is 1. The minimum Gasteiger partial charge on any atom is -0.512 e. The van der Waals surface area contributed by atoms with Crippen molar-refractivity contribution in [3.05, 3.63) is 11.8 Å². The van der Waals surface area contributed by atoms with E-state index in [-0.39, 0.29) is 18.0 Å². The Kier molecular flexibility index (Phi) is 17.5. The molecular formula is C22H40O4. The smallest absolute Gasteiger partial charge is 0.303 e. The van der Waals surface area contributed by atoms with Crippen molar-refractivity contribution in [2.24, 2.45) is 0 Å². The first kappa shape index (κ1) is 24.7. The largest absolute Gasteiger partial charge is 0.512 e. The number of carboxylic acid groups (broad SMARTS) is 1. The Morgan fingerprint density at radius 1 is 0.615 bits per heavy atom. The normalized spacial score (nSPS) is 11.7. The number of hydrogen-bond acceptors (Lipinski definition) is 3. The molecule has 0 aliphatic carbocycles. The van der Waals surface area contributed by atoms with Crippen LogP contribution in [-0.2, 0) is 9.59 Å². The van der Waals surface area contributed by atoms with E-state index < -0.39 is 5.97 Å². The van der Waals surface area contributed by atoms with Crippen LogP contribution in [0.25, 0.3) is 0 Å². The van der Waals surface area contributed by atoms with Crippen LogP contribution < -0.4 is 0 Å². The van der Waals surface area contributed by atoms with Crippen LogP contribution in [0.15, 0.2) is 11.8 Å². The van der Waals surface area contributed by atoms with E-state index in [2.05, 4.69) is 6.92 Å². The number of unbranched alkanes of at least 4 members (excludes halogenated alkanes) is 12. The van der Waals surface area contributed by atoms with Crippen LogP contribution in [0.3, 0.4) is 0 Å². The maximum atomic E-state index is 11.8. The van der Waals surface area contributed by atoms with Gasteiger partial charge in [-0.25, -0.2) is 0 Å². The molecule has 0 saturated carbocycles. The van der Waals surface area contributed by atoms with E-state index in [0.29, 0.717) is 19.3 Å². The van der Waals surface area contributed by atoms with Crippen molar-refractivity contribution < 1.29 is 19.8 Å². The maximum absolute atomic E-state index is 11.8. The molecule has 26 heavy (non-hydrogen) atoms. The molecule has 0 aromatic carbocycles. The Bertz CT molecular complexity index is 388. The van der Waals surface area contributed by atoms with Crippen LogP contribution in [0, 0.1) is 0 Å². The van der Waals surface area contributed by atoms with Gasteiger partial charge in [0, 0.05) is 25.3 Å². The van der Waals surface area contributed by atoms with E-state index in [9.17, 15) is 14.7 Å². The fraction of sp³-hybridized carbons (Fsp3) is 0.818. The van der Waals surface area contributed by atoms with Crippen LogP contribution >= 0.6 is 0 Å². The van der Waals surface area contributed by atoms with Crippen LogP contribution in [-0.4, -0.2) is 22.0 Å². The Morgan fingerprint density at radius 2 is 1.04 bits per heavy atom. The Labute approximate surface area is 160 Å². The lowest BCUT2D eigenvalue weighted by atomic mass is 10.0. The third-order valence-electron chi connectivity index (χ3n) is 4.68. The summed E-state index contributed by atoms with van der Waals surface area (Å²) in [4.78, 5) is 22.2. The Hall–Kier alpha value is -1.32. The van der Waals surface area contributed by atoms with Gasteiger partial charge in [-0.05, 0) is 19.3 Å². The van der Waals surface area contributed by atoms with Crippen LogP contribution in [0.2, 0.25) is 0 Å². The maximum Gasteiger partial charge on any atom is 0.303 e. The predicted octanol–water partition coefficient (Wildman–Crippen LogP) is 6.73. The molecule has 0 rings (SSSR count). The number of allylic oxidation sites excluding steroid dienone is 2. The van der Waals surface area contributed by atoms with Crippen LogP contribution in [0.4, 0.5) is 0 Å². The molecule has 0 fully saturated rings. The third-order valence-corrected chi connectivity index (χ3v) is 4.68. The highest BCUT2D eigenvalue weighted by Gasteiger charge is 2.02. The number of carbonyl (C=O) groups is 2. The molecular weight excluding hydrogens is 328 g/mol. The van der Waals surface area contributed by atoms with Crippen molar-refractivity contribution in [3.8, 4) is 0 Å². The number of aliphatic carboxylic acids is 1. The summed E-state index contributed by atoms with van der Waals surface area (Å²) < 4.78 is 0. The highest BCUT2D eigenvalue weighted by Crippen LogP contribution is 2.13. The highest BCUT2D eigenvalue weighted by atomic mass is 16.4. The molecule has 4 heteroatoms. The van der Waals surface area contributed by atoms with Crippen molar-refractivity contribution in [3.63, 3.8) is 0 Å². The molecule has 0 aromatic heterocycles. The second-order valence-corrected chi connectivity index (χ2v) is 7.34. The number of aliphatic hydroxyl groups excluding tert-OH is 1. The Balaban J connectivity index is 3.48. The Morgan fingerprint density at radius 3 is 1.54 bits per heavy atom. The summed E-state index contributed by atoms with van der Waals surface area (Å²) >= 11 is 0. The molecule has 0 aliphatic heterocycles. The molecule has 0 unspecified atom stereocenters. The molecule has 0 aliphatic rings. The minimum atomic E-state index is -0.743. The summed E-state index contributed by atoms with van der Waals surface area (Å²) in [6.45, 7) is 2.23. The zero-order valence-electron chi connectivity index (χ0n) is 16.8. The first-order valence-corrected chi connectivity index (χ1v) is 10.7.